The van der Waals surface area contributed by atoms with Gasteiger partial charge in [0.2, 0.25) is 0 Å². The molecule has 1 heterocycles. The van der Waals surface area contributed by atoms with Gasteiger partial charge in [0.25, 0.3) is 0 Å². The smallest absolute Gasteiger partial charge is 0.0930 e. The molecule has 3 heteroatoms. The second kappa shape index (κ2) is 7.12. The first kappa shape index (κ1) is 14.7. The highest BCUT2D eigenvalue weighted by Gasteiger charge is 2.14. The van der Waals surface area contributed by atoms with E-state index in [-0.39, 0.29) is 0 Å². The number of hydrogen-bond donors (Lipinski definition) is 1. The Balaban J connectivity index is 2.29. The number of hydrogen-bond acceptors (Lipinski definition) is 3. The van der Waals surface area contributed by atoms with Crippen molar-refractivity contribution < 1.29 is 0 Å². The van der Waals surface area contributed by atoms with Crippen LogP contribution in [-0.2, 0) is 6.42 Å². The molecule has 0 saturated heterocycles. The molecule has 2 atom stereocenters. The molecule has 0 aliphatic rings. The topological polar surface area (TPSA) is 24.9 Å². The molecule has 1 aromatic heterocycles. The van der Waals surface area contributed by atoms with E-state index in [0.717, 1.165) is 31.1 Å². The molecular formula is C14H26N2S. The second-order valence-electron chi connectivity index (χ2n) is 5.59. The van der Waals surface area contributed by atoms with Gasteiger partial charge >= 0.3 is 0 Å². The third-order valence-corrected chi connectivity index (χ3v) is 4.14. The van der Waals surface area contributed by atoms with Crippen LogP contribution >= 0.6 is 11.3 Å². The molecule has 0 spiro atoms. The summed E-state index contributed by atoms with van der Waals surface area (Å²) in [4.78, 5) is 4.54. The quantitative estimate of drug-likeness (QED) is 0.805. The lowest BCUT2D eigenvalue weighted by atomic mass is 9.93. The van der Waals surface area contributed by atoms with Crippen LogP contribution in [0.4, 0.5) is 0 Å². The van der Waals surface area contributed by atoms with Crippen LogP contribution in [0, 0.1) is 24.7 Å². The summed E-state index contributed by atoms with van der Waals surface area (Å²) in [5, 5.41) is 6.97. The molecule has 0 aromatic carbocycles. The first-order chi connectivity index (χ1) is 7.99. The Bertz CT molecular complexity index is 320. The summed E-state index contributed by atoms with van der Waals surface area (Å²) in [6, 6.07) is 0. The lowest BCUT2D eigenvalue weighted by molar-refractivity contribution is 0.357. The number of aryl methyl sites for hydroxylation is 1. The fraction of sp³-hybridized carbons (Fsp3) is 0.786. The van der Waals surface area contributed by atoms with E-state index in [0.29, 0.717) is 11.8 Å². The van der Waals surface area contributed by atoms with Gasteiger partial charge in [-0.25, -0.2) is 4.98 Å². The normalized spacial score (nSPS) is 15.2. The molecule has 1 aromatic rings. The van der Waals surface area contributed by atoms with Gasteiger partial charge in [-0.1, -0.05) is 27.7 Å². The van der Waals surface area contributed by atoms with Crippen LogP contribution < -0.4 is 5.32 Å². The van der Waals surface area contributed by atoms with Crippen molar-refractivity contribution in [3.8, 4) is 0 Å². The molecule has 0 radical (unpaired) electrons. The highest BCUT2D eigenvalue weighted by Crippen LogP contribution is 2.19. The van der Waals surface area contributed by atoms with Crippen molar-refractivity contribution in [1.82, 2.24) is 10.3 Å². The molecule has 2 nitrogen and oxygen atoms in total. The summed E-state index contributed by atoms with van der Waals surface area (Å²) in [5.41, 5.74) is 1.16. The highest BCUT2D eigenvalue weighted by molar-refractivity contribution is 7.09. The largest absolute Gasteiger partial charge is 0.316 e. The van der Waals surface area contributed by atoms with Crippen molar-refractivity contribution >= 4 is 11.3 Å². The maximum atomic E-state index is 4.54. The Kier molecular flexibility index (Phi) is 6.14. The van der Waals surface area contributed by atoms with Crippen LogP contribution in [0.2, 0.25) is 0 Å². The lowest BCUT2D eigenvalue weighted by Gasteiger charge is -2.20. The van der Waals surface area contributed by atoms with Gasteiger partial charge in [0.15, 0.2) is 0 Å². The number of rotatable bonds is 7. The number of nitrogens with one attached hydrogen (secondary N) is 1. The number of nitrogens with zero attached hydrogens (tertiary/aromatic N) is 1. The Morgan fingerprint density at radius 2 is 1.88 bits per heavy atom. The van der Waals surface area contributed by atoms with E-state index >= 15 is 0 Å². The van der Waals surface area contributed by atoms with Crippen LogP contribution in [0.15, 0.2) is 5.38 Å². The average molecular weight is 254 g/mol. The lowest BCUT2D eigenvalue weighted by Crippen LogP contribution is -2.28. The first-order valence-electron chi connectivity index (χ1n) is 6.60. The Morgan fingerprint density at radius 1 is 1.18 bits per heavy atom. The zero-order valence-corrected chi connectivity index (χ0v) is 12.6. The molecule has 0 bridgehead atoms. The van der Waals surface area contributed by atoms with Gasteiger partial charge in [0, 0.05) is 17.5 Å². The summed E-state index contributed by atoms with van der Waals surface area (Å²) in [6.45, 7) is 13.5. The summed E-state index contributed by atoms with van der Waals surface area (Å²) >= 11 is 1.79. The third-order valence-electron chi connectivity index (χ3n) is 3.15. The Morgan fingerprint density at radius 3 is 2.41 bits per heavy atom. The predicted molar refractivity (Wildman–Crippen MR) is 76.6 cm³/mol. The van der Waals surface area contributed by atoms with Gasteiger partial charge < -0.3 is 5.32 Å². The van der Waals surface area contributed by atoms with Crippen molar-refractivity contribution in [3.63, 3.8) is 0 Å². The van der Waals surface area contributed by atoms with Crippen molar-refractivity contribution in [3.05, 3.63) is 16.1 Å². The van der Waals surface area contributed by atoms with Crippen molar-refractivity contribution in [2.75, 3.05) is 13.1 Å². The van der Waals surface area contributed by atoms with Gasteiger partial charge in [-0.15, -0.1) is 11.3 Å². The maximum Gasteiger partial charge on any atom is 0.0930 e. The zero-order valence-electron chi connectivity index (χ0n) is 11.8. The van der Waals surface area contributed by atoms with E-state index in [1.54, 1.807) is 11.3 Å². The first-order valence-corrected chi connectivity index (χ1v) is 7.48. The summed E-state index contributed by atoms with van der Waals surface area (Å²) in [7, 11) is 0. The molecule has 1 rings (SSSR count). The van der Waals surface area contributed by atoms with E-state index in [2.05, 4.69) is 50.3 Å². The maximum absolute atomic E-state index is 4.54. The minimum absolute atomic E-state index is 0.695. The molecule has 0 fully saturated rings. The van der Waals surface area contributed by atoms with Crippen LogP contribution in [0.5, 0.6) is 0 Å². The molecule has 0 aliphatic heterocycles. The van der Waals surface area contributed by atoms with E-state index < -0.39 is 0 Å². The summed E-state index contributed by atoms with van der Waals surface area (Å²) in [5.74, 6) is 2.14. The summed E-state index contributed by atoms with van der Waals surface area (Å²) < 4.78 is 0. The van der Waals surface area contributed by atoms with Gasteiger partial charge in [-0.3, -0.25) is 0 Å². The van der Waals surface area contributed by atoms with E-state index in [9.17, 15) is 0 Å². The average Bonchev–Trinajstić information content (AvgIpc) is 2.63. The van der Waals surface area contributed by atoms with Gasteiger partial charge in [0.1, 0.15) is 0 Å². The minimum atomic E-state index is 0.695. The SMILES string of the molecule is Cc1csc(CC(C)C(C)CNCC(C)C)n1. The predicted octanol–water partition coefficient (Wildman–Crippen LogP) is 3.51. The van der Waals surface area contributed by atoms with Crippen molar-refractivity contribution in [1.29, 1.82) is 0 Å². The molecule has 0 amide bonds. The number of thiazole rings is 1. The summed E-state index contributed by atoms with van der Waals surface area (Å²) in [6.07, 6.45) is 1.11. The Hall–Kier alpha value is -0.410. The third kappa shape index (κ3) is 5.64. The second-order valence-corrected chi connectivity index (χ2v) is 6.54. The van der Waals surface area contributed by atoms with Gasteiger partial charge in [-0.05, 0) is 37.8 Å². The van der Waals surface area contributed by atoms with Gasteiger partial charge in [0.05, 0.1) is 5.01 Å². The Labute approximate surface area is 110 Å². The molecule has 2 unspecified atom stereocenters. The molecule has 0 saturated carbocycles. The van der Waals surface area contributed by atoms with Crippen molar-refractivity contribution in [2.24, 2.45) is 17.8 Å². The number of aromatic nitrogens is 1. The molecule has 17 heavy (non-hydrogen) atoms. The molecule has 1 N–H and O–H groups in total. The standard InChI is InChI=1S/C14H26N2S/c1-10(2)7-15-8-12(4)11(3)6-14-16-13(5)9-17-14/h9-12,15H,6-8H2,1-5H3. The van der Waals surface area contributed by atoms with Crippen LogP contribution in [0.1, 0.15) is 38.4 Å². The van der Waals surface area contributed by atoms with E-state index in [4.69, 9.17) is 0 Å². The fourth-order valence-corrected chi connectivity index (χ4v) is 2.69. The van der Waals surface area contributed by atoms with Gasteiger partial charge in [-0.2, -0.15) is 0 Å². The van der Waals surface area contributed by atoms with Crippen molar-refractivity contribution in [2.45, 2.75) is 41.0 Å². The van der Waals surface area contributed by atoms with E-state index in [1.807, 2.05) is 0 Å². The molecular weight excluding hydrogens is 228 g/mol. The molecule has 98 valence electrons. The zero-order chi connectivity index (χ0) is 12.8. The highest BCUT2D eigenvalue weighted by atomic mass is 32.1. The van der Waals surface area contributed by atoms with Crippen LogP contribution in [0.3, 0.4) is 0 Å². The fourth-order valence-electron chi connectivity index (χ4n) is 1.77. The van der Waals surface area contributed by atoms with Crippen LogP contribution in [0.25, 0.3) is 0 Å². The monoisotopic (exact) mass is 254 g/mol. The molecule has 0 aliphatic carbocycles. The minimum Gasteiger partial charge on any atom is -0.316 e. The van der Waals surface area contributed by atoms with Crippen LogP contribution in [-0.4, -0.2) is 18.1 Å². The van der Waals surface area contributed by atoms with E-state index in [1.165, 1.54) is 5.01 Å².